The Hall–Kier alpha value is -2.12. The molecule has 116 valence electrons. The molecule has 8 nitrogen and oxygen atoms in total. The van der Waals surface area contributed by atoms with Crippen LogP contribution in [0.25, 0.3) is 0 Å². The molecule has 8 heteroatoms. The Bertz CT molecular complexity index is 488. The van der Waals surface area contributed by atoms with Crippen LogP contribution in [0.1, 0.15) is 26.2 Å². The van der Waals surface area contributed by atoms with E-state index in [4.69, 9.17) is 10.5 Å². The Kier molecular flexibility index (Phi) is 5.13. The standard InChI is InChI=1S/C13H22N6O2/c1-3-8-21-13-17-11(14)16-12(18-13)19-6-4-9(5-7-19)10(20)15-2/h9H,3-8H2,1-2H3,(H,15,20)(H2,14,16,17,18). The quantitative estimate of drug-likeness (QED) is 0.799. The van der Waals surface area contributed by atoms with Crippen LogP contribution in [-0.2, 0) is 4.79 Å². The molecule has 1 aromatic rings. The predicted octanol–water partition coefficient (Wildman–Crippen LogP) is 0.205. The number of rotatable bonds is 5. The molecule has 0 spiro atoms. The highest BCUT2D eigenvalue weighted by Gasteiger charge is 2.26. The number of nitrogen functional groups attached to an aromatic ring is 1. The van der Waals surface area contributed by atoms with E-state index in [1.165, 1.54) is 0 Å². The van der Waals surface area contributed by atoms with E-state index in [-0.39, 0.29) is 23.8 Å². The van der Waals surface area contributed by atoms with Crippen LogP contribution >= 0.6 is 0 Å². The zero-order valence-corrected chi connectivity index (χ0v) is 12.5. The highest BCUT2D eigenvalue weighted by molar-refractivity contribution is 5.78. The van der Waals surface area contributed by atoms with E-state index in [2.05, 4.69) is 20.3 Å². The molecule has 1 aromatic heterocycles. The Morgan fingerprint density at radius 1 is 1.38 bits per heavy atom. The average molecular weight is 294 g/mol. The normalized spacial score (nSPS) is 15.8. The number of piperidine rings is 1. The average Bonchev–Trinajstić information content (AvgIpc) is 2.51. The van der Waals surface area contributed by atoms with Gasteiger partial charge in [0.25, 0.3) is 0 Å². The summed E-state index contributed by atoms with van der Waals surface area (Å²) in [4.78, 5) is 26.0. The highest BCUT2D eigenvalue weighted by Crippen LogP contribution is 2.22. The Morgan fingerprint density at radius 3 is 2.71 bits per heavy atom. The summed E-state index contributed by atoms with van der Waals surface area (Å²) in [5.74, 6) is 0.821. The number of nitrogens with two attached hydrogens (primary N) is 1. The second-order valence-electron chi connectivity index (χ2n) is 5.00. The Labute approximate surface area is 124 Å². The third kappa shape index (κ3) is 3.93. The lowest BCUT2D eigenvalue weighted by Gasteiger charge is -2.31. The van der Waals surface area contributed by atoms with Crippen molar-refractivity contribution in [2.75, 3.05) is 37.4 Å². The van der Waals surface area contributed by atoms with Crippen LogP contribution < -0.4 is 20.7 Å². The topological polar surface area (TPSA) is 106 Å². The zero-order valence-electron chi connectivity index (χ0n) is 12.5. The smallest absolute Gasteiger partial charge is 0.323 e. The van der Waals surface area contributed by atoms with Crippen molar-refractivity contribution in [2.45, 2.75) is 26.2 Å². The molecule has 0 aromatic carbocycles. The number of carbonyl (C=O) groups excluding carboxylic acids is 1. The number of hydrogen-bond donors (Lipinski definition) is 2. The summed E-state index contributed by atoms with van der Waals surface area (Å²) in [5, 5.41) is 2.69. The van der Waals surface area contributed by atoms with E-state index in [0.29, 0.717) is 12.6 Å². The third-order valence-electron chi connectivity index (χ3n) is 3.45. The maximum absolute atomic E-state index is 11.6. The molecule has 1 saturated heterocycles. The molecule has 1 amide bonds. The maximum atomic E-state index is 11.6. The monoisotopic (exact) mass is 294 g/mol. The molecule has 21 heavy (non-hydrogen) atoms. The molecule has 0 bridgehead atoms. The summed E-state index contributed by atoms with van der Waals surface area (Å²) in [7, 11) is 1.67. The van der Waals surface area contributed by atoms with E-state index in [1.807, 2.05) is 11.8 Å². The van der Waals surface area contributed by atoms with E-state index in [1.54, 1.807) is 7.05 Å². The van der Waals surface area contributed by atoms with Crippen molar-refractivity contribution >= 4 is 17.8 Å². The van der Waals surface area contributed by atoms with Crippen LogP contribution in [0.4, 0.5) is 11.9 Å². The van der Waals surface area contributed by atoms with Gasteiger partial charge in [0.1, 0.15) is 0 Å². The van der Waals surface area contributed by atoms with Gasteiger partial charge in [-0.05, 0) is 19.3 Å². The van der Waals surface area contributed by atoms with Crippen molar-refractivity contribution in [1.29, 1.82) is 0 Å². The molecular weight excluding hydrogens is 272 g/mol. The van der Waals surface area contributed by atoms with Crippen LogP contribution in [0.5, 0.6) is 6.01 Å². The zero-order chi connectivity index (χ0) is 15.2. The highest BCUT2D eigenvalue weighted by atomic mass is 16.5. The number of amides is 1. The first-order chi connectivity index (χ1) is 10.1. The van der Waals surface area contributed by atoms with Crippen molar-refractivity contribution in [3.63, 3.8) is 0 Å². The lowest BCUT2D eigenvalue weighted by atomic mass is 9.96. The van der Waals surface area contributed by atoms with Crippen LogP contribution in [0.3, 0.4) is 0 Å². The summed E-state index contributed by atoms with van der Waals surface area (Å²) in [6.45, 7) is 3.99. The van der Waals surface area contributed by atoms with E-state index >= 15 is 0 Å². The number of carbonyl (C=O) groups is 1. The maximum Gasteiger partial charge on any atom is 0.323 e. The van der Waals surface area contributed by atoms with Gasteiger partial charge in [0, 0.05) is 26.1 Å². The van der Waals surface area contributed by atoms with Gasteiger partial charge in [-0.1, -0.05) is 6.92 Å². The van der Waals surface area contributed by atoms with E-state index in [0.717, 1.165) is 32.4 Å². The van der Waals surface area contributed by atoms with Gasteiger partial charge in [-0.2, -0.15) is 15.0 Å². The fraction of sp³-hybridized carbons (Fsp3) is 0.692. The fourth-order valence-electron chi connectivity index (χ4n) is 2.31. The first kappa shape index (κ1) is 15.3. The summed E-state index contributed by atoms with van der Waals surface area (Å²) >= 11 is 0. The van der Waals surface area contributed by atoms with Gasteiger partial charge < -0.3 is 20.7 Å². The van der Waals surface area contributed by atoms with Crippen LogP contribution in [-0.4, -0.2) is 47.6 Å². The van der Waals surface area contributed by atoms with Crippen molar-refractivity contribution in [3.8, 4) is 6.01 Å². The van der Waals surface area contributed by atoms with Crippen molar-refractivity contribution < 1.29 is 9.53 Å². The number of nitrogens with one attached hydrogen (secondary N) is 1. The largest absolute Gasteiger partial charge is 0.463 e. The van der Waals surface area contributed by atoms with Gasteiger partial charge in [0.2, 0.25) is 17.8 Å². The van der Waals surface area contributed by atoms with Gasteiger partial charge in [0.05, 0.1) is 6.61 Å². The third-order valence-corrected chi connectivity index (χ3v) is 3.45. The molecule has 2 heterocycles. The lowest BCUT2D eigenvalue weighted by Crippen LogP contribution is -2.40. The SMILES string of the molecule is CCCOc1nc(N)nc(N2CCC(C(=O)NC)CC2)n1. The number of anilines is 2. The minimum atomic E-state index is 0.0567. The Morgan fingerprint density at radius 2 is 2.10 bits per heavy atom. The molecule has 1 aliphatic heterocycles. The lowest BCUT2D eigenvalue weighted by molar-refractivity contribution is -0.125. The van der Waals surface area contributed by atoms with Gasteiger partial charge >= 0.3 is 6.01 Å². The minimum Gasteiger partial charge on any atom is -0.463 e. The first-order valence-corrected chi connectivity index (χ1v) is 7.25. The number of aromatic nitrogens is 3. The molecule has 0 radical (unpaired) electrons. The van der Waals surface area contributed by atoms with Crippen molar-refractivity contribution in [3.05, 3.63) is 0 Å². The van der Waals surface area contributed by atoms with Gasteiger partial charge in [-0.25, -0.2) is 0 Å². The molecule has 0 aliphatic carbocycles. The molecule has 0 atom stereocenters. The van der Waals surface area contributed by atoms with Crippen molar-refractivity contribution in [2.24, 2.45) is 5.92 Å². The Balaban J connectivity index is 2.02. The van der Waals surface area contributed by atoms with Crippen LogP contribution in [0.2, 0.25) is 0 Å². The van der Waals surface area contributed by atoms with Gasteiger partial charge in [-0.15, -0.1) is 0 Å². The number of ether oxygens (including phenoxy) is 1. The van der Waals surface area contributed by atoms with E-state index in [9.17, 15) is 4.79 Å². The second-order valence-corrected chi connectivity index (χ2v) is 5.00. The van der Waals surface area contributed by atoms with Crippen molar-refractivity contribution in [1.82, 2.24) is 20.3 Å². The number of hydrogen-bond acceptors (Lipinski definition) is 7. The minimum absolute atomic E-state index is 0.0567. The van der Waals surface area contributed by atoms with Gasteiger partial charge in [-0.3, -0.25) is 4.79 Å². The molecule has 0 saturated carbocycles. The summed E-state index contributed by atoms with van der Waals surface area (Å²) in [6, 6.07) is 0.257. The summed E-state index contributed by atoms with van der Waals surface area (Å²) < 4.78 is 5.41. The predicted molar refractivity (Wildman–Crippen MR) is 79.0 cm³/mol. The van der Waals surface area contributed by atoms with Gasteiger partial charge in [0.15, 0.2) is 0 Å². The number of nitrogens with zero attached hydrogens (tertiary/aromatic N) is 4. The van der Waals surface area contributed by atoms with E-state index < -0.39 is 0 Å². The molecule has 2 rings (SSSR count). The molecule has 1 aliphatic rings. The van der Waals surface area contributed by atoms with Crippen LogP contribution in [0, 0.1) is 5.92 Å². The molecule has 3 N–H and O–H groups in total. The fourth-order valence-corrected chi connectivity index (χ4v) is 2.31. The molecule has 0 unspecified atom stereocenters. The summed E-state index contributed by atoms with van der Waals surface area (Å²) in [6.07, 6.45) is 2.42. The molecule has 1 fully saturated rings. The first-order valence-electron chi connectivity index (χ1n) is 7.25. The second kappa shape index (κ2) is 7.05. The molecular formula is C13H22N6O2. The summed E-state index contributed by atoms with van der Waals surface area (Å²) in [5.41, 5.74) is 5.70. The van der Waals surface area contributed by atoms with Crippen LogP contribution in [0.15, 0.2) is 0 Å².